The van der Waals surface area contributed by atoms with Gasteiger partial charge in [-0.15, -0.1) is 0 Å². The normalized spacial score (nSPS) is 15.8. The van der Waals surface area contributed by atoms with Gasteiger partial charge < -0.3 is 15.4 Å². The zero-order valence-corrected chi connectivity index (χ0v) is 11.5. The van der Waals surface area contributed by atoms with Crippen molar-refractivity contribution in [2.45, 2.75) is 39.5 Å². The van der Waals surface area contributed by atoms with E-state index in [1.54, 1.807) is 0 Å². The zero-order valence-electron chi connectivity index (χ0n) is 11.5. The van der Waals surface area contributed by atoms with Gasteiger partial charge in [0.1, 0.15) is 5.75 Å². The lowest BCUT2D eigenvalue weighted by Crippen LogP contribution is -2.30. The molecule has 100 valence electrons. The van der Waals surface area contributed by atoms with Crippen LogP contribution in [0, 0.1) is 6.92 Å². The Morgan fingerprint density at radius 2 is 1.94 bits per heavy atom. The van der Waals surface area contributed by atoms with Crippen molar-refractivity contribution in [2.75, 3.05) is 30.3 Å². The highest BCUT2D eigenvalue weighted by Crippen LogP contribution is 2.32. The molecule has 0 spiro atoms. The molecule has 1 aromatic carbocycles. The third-order valence-electron chi connectivity index (χ3n) is 3.49. The van der Waals surface area contributed by atoms with Gasteiger partial charge in [-0.1, -0.05) is 6.92 Å². The fourth-order valence-electron chi connectivity index (χ4n) is 2.51. The van der Waals surface area contributed by atoms with E-state index in [1.165, 1.54) is 30.5 Å². The summed E-state index contributed by atoms with van der Waals surface area (Å²) < 4.78 is 5.72. The molecule has 2 rings (SSSR count). The first-order chi connectivity index (χ1) is 8.72. The summed E-state index contributed by atoms with van der Waals surface area (Å²) in [7, 11) is 0. The average Bonchev–Trinajstić information content (AvgIpc) is 2.39. The van der Waals surface area contributed by atoms with E-state index < -0.39 is 0 Å². The van der Waals surface area contributed by atoms with Crippen molar-refractivity contribution in [3.8, 4) is 5.75 Å². The molecule has 0 amide bonds. The molecule has 18 heavy (non-hydrogen) atoms. The van der Waals surface area contributed by atoms with Crippen LogP contribution in [-0.4, -0.2) is 19.7 Å². The topological polar surface area (TPSA) is 38.5 Å². The Bertz CT molecular complexity index is 398. The number of ether oxygens (including phenoxy) is 1. The summed E-state index contributed by atoms with van der Waals surface area (Å²) in [5.41, 5.74) is 9.30. The summed E-state index contributed by atoms with van der Waals surface area (Å²) in [6.45, 7) is 7.27. The standard InChI is InChI=1S/C15H24N2O/c1-3-9-18-15-11-14(12(2)10-13(15)16)17-7-5-4-6-8-17/h10-11H,3-9,16H2,1-2H3. The summed E-state index contributed by atoms with van der Waals surface area (Å²) in [4.78, 5) is 2.46. The smallest absolute Gasteiger partial charge is 0.144 e. The van der Waals surface area contributed by atoms with Gasteiger partial charge >= 0.3 is 0 Å². The van der Waals surface area contributed by atoms with Crippen molar-refractivity contribution in [2.24, 2.45) is 0 Å². The molecule has 0 unspecified atom stereocenters. The van der Waals surface area contributed by atoms with Gasteiger partial charge in [0.05, 0.1) is 12.3 Å². The van der Waals surface area contributed by atoms with E-state index in [9.17, 15) is 0 Å². The van der Waals surface area contributed by atoms with E-state index in [4.69, 9.17) is 10.5 Å². The molecule has 0 atom stereocenters. The average molecular weight is 248 g/mol. The Morgan fingerprint density at radius 1 is 1.22 bits per heavy atom. The predicted octanol–water partition coefficient (Wildman–Crippen LogP) is 3.36. The van der Waals surface area contributed by atoms with Crippen LogP contribution in [0.2, 0.25) is 0 Å². The summed E-state index contributed by atoms with van der Waals surface area (Å²) in [5.74, 6) is 0.836. The Morgan fingerprint density at radius 3 is 2.61 bits per heavy atom. The number of benzene rings is 1. The van der Waals surface area contributed by atoms with Crippen LogP contribution in [0.5, 0.6) is 5.75 Å². The minimum atomic E-state index is 0.729. The Labute approximate surface area is 110 Å². The first kappa shape index (κ1) is 13.1. The molecule has 1 aliphatic heterocycles. The first-order valence-electron chi connectivity index (χ1n) is 7.00. The second-order valence-electron chi connectivity index (χ2n) is 5.07. The molecule has 1 heterocycles. The van der Waals surface area contributed by atoms with Gasteiger partial charge in [-0.3, -0.25) is 0 Å². The van der Waals surface area contributed by atoms with Gasteiger partial charge in [-0.05, 0) is 44.2 Å². The van der Waals surface area contributed by atoms with Gasteiger partial charge in [0.25, 0.3) is 0 Å². The quantitative estimate of drug-likeness (QED) is 0.830. The molecule has 0 radical (unpaired) electrons. The number of nitrogens with zero attached hydrogens (tertiary/aromatic N) is 1. The molecular formula is C15H24N2O. The number of aryl methyl sites for hydroxylation is 1. The number of nitrogen functional groups attached to an aromatic ring is 1. The molecule has 1 fully saturated rings. The van der Waals surface area contributed by atoms with Crippen LogP contribution in [-0.2, 0) is 0 Å². The Kier molecular flexibility index (Phi) is 4.34. The van der Waals surface area contributed by atoms with Gasteiger partial charge in [0.15, 0.2) is 0 Å². The predicted molar refractivity (Wildman–Crippen MR) is 77.4 cm³/mol. The van der Waals surface area contributed by atoms with Crippen molar-refractivity contribution in [3.05, 3.63) is 17.7 Å². The molecule has 0 bridgehead atoms. The van der Waals surface area contributed by atoms with Crippen LogP contribution in [0.15, 0.2) is 12.1 Å². The Balaban J connectivity index is 2.22. The maximum absolute atomic E-state index is 6.02. The van der Waals surface area contributed by atoms with Crippen LogP contribution in [0.4, 0.5) is 11.4 Å². The lowest BCUT2D eigenvalue weighted by molar-refractivity contribution is 0.319. The number of piperidine rings is 1. The van der Waals surface area contributed by atoms with Gasteiger partial charge in [0.2, 0.25) is 0 Å². The van der Waals surface area contributed by atoms with Crippen LogP contribution in [0.25, 0.3) is 0 Å². The molecule has 1 aromatic rings. The lowest BCUT2D eigenvalue weighted by atomic mass is 10.1. The van der Waals surface area contributed by atoms with Gasteiger partial charge in [-0.2, -0.15) is 0 Å². The largest absolute Gasteiger partial charge is 0.491 e. The van der Waals surface area contributed by atoms with Crippen molar-refractivity contribution in [1.29, 1.82) is 0 Å². The first-order valence-corrected chi connectivity index (χ1v) is 7.00. The van der Waals surface area contributed by atoms with Crippen LogP contribution in [0.3, 0.4) is 0 Å². The van der Waals surface area contributed by atoms with Crippen molar-refractivity contribution in [1.82, 2.24) is 0 Å². The summed E-state index contributed by atoms with van der Waals surface area (Å²) >= 11 is 0. The third-order valence-corrected chi connectivity index (χ3v) is 3.49. The van der Waals surface area contributed by atoms with E-state index in [0.29, 0.717) is 0 Å². The van der Waals surface area contributed by atoms with Gasteiger partial charge in [0, 0.05) is 24.8 Å². The molecule has 1 saturated heterocycles. The second-order valence-corrected chi connectivity index (χ2v) is 5.07. The third kappa shape index (κ3) is 2.89. The second kappa shape index (κ2) is 5.98. The number of hydrogen-bond acceptors (Lipinski definition) is 3. The summed E-state index contributed by atoms with van der Waals surface area (Å²) in [5, 5.41) is 0. The van der Waals surface area contributed by atoms with Gasteiger partial charge in [-0.25, -0.2) is 0 Å². The highest BCUT2D eigenvalue weighted by atomic mass is 16.5. The fraction of sp³-hybridized carbons (Fsp3) is 0.600. The van der Waals surface area contributed by atoms with E-state index in [2.05, 4.69) is 24.8 Å². The minimum absolute atomic E-state index is 0.729. The number of hydrogen-bond donors (Lipinski definition) is 1. The SMILES string of the molecule is CCCOc1cc(N2CCCCC2)c(C)cc1N. The van der Waals surface area contributed by atoms with E-state index in [0.717, 1.165) is 37.6 Å². The van der Waals surface area contributed by atoms with E-state index >= 15 is 0 Å². The lowest BCUT2D eigenvalue weighted by Gasteiger charge is -2.30. The Hall–Kier alpha value is -1.38. The van der Waals surface area contributed by atoms with E-state index in [-0.39, 0.29) is 0 Å². The summed E-state index contributed by atoms with van der Waals surface area (Å²) in [6.07, 6.45) is 4.93. The number of anilines is 2. The maximum atomic E-state index is 6.02. The molecule has 2 N–H and O–H groups in total. The molecular weight excluding hydrogens is 224 g/mol. The molecule has 0 aromatic heterocycles. The molecule has 3 nitrogen and oxygen atoms in total. The van der Waals surface area contributed by atoms with E-state index in [1.807, 2.05) is 6.07 Å². The molecule has 1 aliphatic rings. The monoisotopic (exact) mass is 248 g/mol. The highest BCUT2D eigenvalue weighted by molar-refractivity contribution is 5.66. The van der Waals surface area contributed by atoms with Crippen LogP contribution in [0.1, 0.15) is 38.2 Å². The summed E-state index contributed by atoms with van der Waals surface area (Å²) in [6, 6.07) is 4.15. The van der Waals surface area contributed by atoms with Crippen LogP contribution < -0.4 is 15.4 Å². The molecule has 0 saturated carbocycles. The fourth-order valence-corrected chi connectivity index (χ4v) is 2.51. The van der Waals surface area contributed by atoms with Crippen molar-refractivity contribution < 1.29 is 4.74 Å². The molecule has 0 aliphatic carbocycles. The van der Waals surface area contributed by atoms with Crippen molar-refractivity contribution >= 4 is 11.4 Å². The number of rotatable bonds is 4. The molecule has 3 heteroatoms. The van der Waals surface area contributed by atoms with Crippen molar-refractivity contribution in [3.63, 3.8) is 0 Å². The highest BCUT2D eigenvalue weighted by Gasteiger charge is 2.15. The maximum Gasteiger partial charge on any atom is 0.144 e. The zero-order chi connectivity index (χ0) is 13.0. The minimum Gasteiger partial charge on any atom is -0.491 e. The van der Waals surface area contributed by atoms with Crippen LogP contribution >= 0.6 is 0 Å². The number of nitrogens with two attached hydrogens (primary N) is 1.